The number of aromatic nitrogens is 3. The molecule has 0 aliphatic carbocycles. The van der Waals surface area contributed by atoms with Crippen LogP contribution in [-0.2, 0) is 13.6 Å². The average Bonchev–Trinajstić information content (AvgIpc) is 2.94. The number of benzene rings is 1. The van der Waals surface area contributed by atoms with Gasteiger partial charge in [-0.3, -0.25) is 15.1 Å². The maximum absolute atomic E-state index is 12.5. The molecule has 1 aromatic carbocycles. The number of rotatable bonds is 6. The topological polar surface area (TPSA) is 81.3 Å². The smallest absolute Gasteiger partial charge is 0.252 e. The zero-order valence-electron chi connectivity index (χ0n) is 23.7. The van der Waals surface area contributed by atoms with Gasteiger partial charge in [0.2, 0.25) is 0 Å². The zero-order chi connectivity index (χ0) is 27.6. The number of amidine groups is 1. The molecule has 39 heavy (non-hydrogen) atoms. The van der Waals surface area contributed by atoms with Crippen LogP contribution in [0, 0.1) is 19.3 Å². The minimum Gasteiger partial charge on any atom is -0.364 e. The Morgan fingerprint density at radius 1 is 1.03 bits per heavy atom. The van der Waals surface area contributed by atoms with E-state index in [9.17, 15) is 4.79 Å². The Morgan fingerprint density at radius 3 is 2.28 bits per heavy atom. The van der Waals surface area contributed by atoms with E-state index >= 15 is 0 Å². The quantitative estimate of drug-likeness (QED) is 0.383. The largest absolute Gasteiger partial charge is 0.364 e. The molecule has 2 aliphatic rings. The highest BCUT2D eigenvalue weighted by Gasteiger charge is 2.39. The minimum absolute atomic E-state index is 0.0280. The first-order valence-electron chi connectivity index (χ1n) is 14.1. The SMILES string of the molecule is Cc1ncnc(C)c1C(=N)N1CCC(C)(N2CCC(N(Cc3ccccc3)c3ccn(C)c(=O)c3)CC2)CC1. The van der Waals surface area contributed by atoms with E-state index in [1.165, 1.54) is 5.56 Å². The van der Waals surface area contributed by atoms with Crippen molar-refractivity contribution >= 4 is 11.5 Å². The number of nitrogens with zero attached hydrogens (tertiary/aromatic N) is 6. The number of hydrogen-bond donors (Lipinski definition) is 1. The van der Waals surface area contributed by atoms with Crippen molar-refractivity contribution in [3.8, 4) is 0 Å². The number of piperidine rings is 2. The summed E-state index contributed by atoms with van der Waals surface area (Å²) in [5.74, 6) is 0.553. The molecule has 0 radical (unpaired) electrons. The Morgan fingerprint density at radius 2 is 1.67 bits per heavy atom. The van der Waals surface area contributed by atoms with Crippen LogP contribution < -0.4 is 10.5 Å². The van der Waals surface area contributed by atoms with Gasteiger partial charge in [-0.15, -0.1) is 0 Å². The van der Waals surface area contributed by atoms with E-state index in [2.05, 4.69) is 61.9 Å². The summed E-state index contributed by atoms with van der Waals surface area (Å²) in [6.45, 7) is 11.0. The van der Waals surface area contributed by atoms with Crippen LogP contribution >= 0.6 is 0 Å². The Labute approximate surface area is 231 Å². The van der Waals surface area contributed by atoms with Crippen LogP contribution in [0.25, 0.3) is 0 Å². The lowest BCUT2D eigenvalue weighted by Crippen LogP contribution is -2.58. The molecule has 0 bridgehead atoms. The molecule has 5 rings (SSSR count). The number of anilines is 1. The minimum atomic E-state index is 0.0280. The Bertz CT molecular complexity index is 1330. The van der Waals surface area contributed by atoms with Crippen LogP contribution in [0.2, 0.25) is 0 Å². The molecule has 8 heteroatoms. The van der Waals surface area contributed by atoms with Crippen molar-refractivity contribution in [2.75, 3.05) is 31.1 Å². The molecular formula is C31H41N7O. The number of pyridine rings is 1. The maximum Gasteiger partial charge on any atom is 0.252 e. The van der Waals surface area contributed by atoms with Gasteiger partial charge in [0.25, 0.3) is 5.56 Å². The number of likely N-dealkylation sites (tertiary alicyclic amines) is 2. The molecule has 4 heterocycles. The number of nitrogens with one attached hydrogen (secondary N) is 1. The van der Waals surface area contributed by atoms with Crippen molar-refractivity contribution in [3.63, 3.8) is 0 Å². The predicted octanol–water partition coefficient (Wildman–Crippen LogP) is 4.14. The second-order valence-electron chi connectivity index (χ2n) is 11.4. The molecule has 0 atom stereocenters. The van der Waals surface area contributed by atoms with Crippen molar-refractivity contribution in [2.24, 2.45) is 7.05 Å². The molecule has 2 aliphatic heterocycles. The van der Waals surface area contributed by atoms with Crippen LogP contribution in [0.15, 0.2) is 59.8 Å². The van der Waals surface area contributed by atoms with Crippen LogP contribution in [0.1, 0.15) is 55.1 Å². The first-order valence-corrected chi connectivity index (χ1v) is 14.1. The lowest BCUT2D eigenvalue weighted by molar-refractivity contribution is 0.0316. The first kappa shape index (κ1) is 27.1. The Kier molecular flexibility index (Phi) is 7.84. The summed E-state index contributed by atoms with van der Waals surface area (Å²) >= 11 is 0. The molecule has 206 valence electrons. The molecule has 3 aromatic rings. The molecule has 2 saturated heterocycles. The highest BCUT2D eigenvalue weighted by Crippen LogP contribution is 2.34. The molecule has 0 unspecified atom stereocenters. The monoisotopic (exact) mass is 527 g/mol. The average molecular weight is 528 g/mol. The van der Waals surface area contributed by atoms with E-state index in [-0.39, 0.29) is 11.1 Å². The highest BCUT2D eigenvalue weighted by molar-refractivity contribution is 5.98. The van der Waals surface area contributed by atoms with Crippen LogP contribution in [-0.4, -0.2) is 67.9 Å². The van der Waals surface area contributed by atoms with Gasteiger partial charge in [-0.25, -0.2) is 9.97 Å². The summed E-state index contributed by atoms with van der Waals surface area (Å²) in [6, 6.07) is 14.8. The molecule has 1 N–H and O–H groups in total. The second-order valence-corrected chi connectivity index (χ2v) is 11.4. The fourth-order valence-corrected chi connectivity index (χ4v) is 6.27. The molecule has 0 spiro atoms. The number of aryl methyl sites for hydroxylation is 3. The van der Waals surface area contributed by atoms with Gasteiger partial charge in [-0.2, -0.15) is 0 Å². The van der Waals surface area contributed by atoms with Gasteiger partial charge in [-0.1, -0.05) is 30.3 Å². The number of hydrogen-bond acceptors (Lipinski definition) is 6. The molecular weight excluding hydrogens is 486 g/mol. The van der Waals surface area contributed by atoms with E-state index in [4.69, 9.17) is 5.41 Å². The lowest BCUT2D eigenvalue weighted by atomic mass is 9.85. The maximum atomic E-state index is 12.5. The molecule has 2 fully saturated rings. The van der Waals surface area contributed by atoms with Crippen molar-refractivity contribution in [3.05, 3.63) is 87.9 Å². The second kappa shape index (κ2) is 11.3. The fourth-order valence-electron chi connectivity index (χ4n) is 6.27. The van der Waals surface area contributed by atoms with Crippen LogP contribution in [0.4, 0.5) is 5.69 Å². The Hall–Kier alpha value is -3.52. The third-order valence-corrected chi connectivity index (χ3v) is 8.90. The summed E-state index contributed by atoms with van der Waals surface area (Å²) in [7, 11) is 1.80. The van der Waals surface area contributed by atoms with Crippen molar-refractivity contribution in [1.29, 1.82) is 5.41 Å². The van der Waals surface area contributed by atoms with E-state index in [0.29, 0.717) is 11.9 Å². The fraction of sp³-hybridized carbons (Fsp3) is 0.484. The van der Waals surface area contributed by atoms with Gasteiger partial charge in [0, 0.05) is 69.3 Å². The van der Waals surface area contributed by atoms with Gasteiger partial charge in [0.15, 0.2) is 0 Å². The van der Waals surface area contributed by atoms with Crippen molar-refractivity contribution in [2.45, 2.75) is 64.6 Å². The molecule has 0 amide bonds. The molecule has 2 aromatic heterocycles. The van der Waals surface area contributed by atoms with E-state index in [1.54, 1.807) is 24.0 Å². The summed E-state index contributed by atoms with van der Waals surface area (Å²) < 4.78 is 1.63. The van der Waals surface area contributed by atoms with Crippen LogP contribution in [0.5, 0.6) is 0 Å². The normalized spacial score (nSPS) is 18.2. The third kappa shape index (κ3) is 5.76. The van der Waals surface area contributed by atoms with Crippen LogP contribution in [0.3, 0.4) is 0 Å². The van der Waals surface area contributed by atoms with Gasteiger partial charge in [-0.05, 0) is 58.1 Å². The van der Waals surface area contributed by atoms with E-state index < -0.39 is 0 Å². The van der Waals surface area contributed by atoms with Gasteiger partial charge in [0.05, 0.1) is 17.0 Å². The summed E-state index contributed by atoms with van der Waals surface area (Å²) in [6.07, 6.45) is 7.66. The summed E-state index contributed by atoms with van der Waals surface area (Å²) in [4.78, 5) is 28.5. The third-order valence-electron chi connectivity index (χ3n) is 8.90. The predicted molar refractivity (Wildman–Crippen MR) is 156 cm³/mol. The highest BCUT2D eigenvalue weighted by atomic mass is 16.1. The zero-order valence-corrected chi connectivity index (χ0v) is 23.7. The van der Waals surface area contributed by atoms with E-state index in [1.807, 2.05) is 26.1 Å². The molecule has 8 nitrogen and oxygen atoms in total. The first-order chi connectivity index (χ1) is 18.7. The van der Waals surface area contributed by atoms with Crippen molar-refractivity contribution < 1.29 is 0 Å². The van der Waals surface area contributed by atoms with Crippen molar-refractivity contribution in [1.82, 2.24) is 24.3 Å². The lowest BCUT2D eigenvalue weighted by Gasteiger charge is -2.51. The Balaban J connectivity index is 1.24. The summed E-state index contributed by atoms with van der Waals surface area (Å²) in [5.41, 5.74) is 5.05. The standard InChI is InChI=1S/C31H41N7O/c1-23-29(24(2)34-22-33-23)30(32)36-18-13-31(3,14-19-36)37-16-11-26(12-17-37)38(21-25-8-6-5-7-9-25)27-10-15-35(4)28(39)20-27/h5-10,15,20,22,26,32H,11-14,16-19,21H2,1-4H3. The van der Waals surface area contributed by atoms with Gasteiger partial charge < -0.3 is 14.4 Å². The summed E-state index contributed by atoms with van der Waals surface area (Å²) in [5, 5.41) is 8.86. The molecule has 0 saturated carbocycles. The van der Waals surface area contributed by atoms with Gasteiger partial charge >= 0.3 is 0 Å². The van der Waals surface area contributed by atoms with Gasteiger partial charge in [0.1, 0.15) is 12.2 Å². The van der Waals surface area contributed by atoms with E-state index in [0.717, 1.165) is 81.0 Å².